The fourth-order valence-corrected chi connectivity index (χ4v) is 2.27. The number of rotatable bonds is 3. The van der Waals surface area contributed by atoms with E-state index in [4.69, 9.17) is 11.6 Å². The van der Waals surface area contributed by atoms with Gasteiger partial charge in [-0.05, 0) is 24.3 Å². The van der Waals surface area contributed by atoms with Gasteiger partial charge in [-0.1, -0.05) is 6.92 Å². The van der Waals surface area contributed by atoms with Gasteiger partial charge in [-0.2, -0.15) is 0 Å². The highest BCUT2D eigenvalue weighted by Gasteiger charge is 2.38. The maximum Gasteiger partial charge on any atom is 0.124 e. The smallest absolute Gasteiger partial charge is 0.124 e. The molecule has 2 heterocycles. The van der Waals surface area contributed by atoms with Gasteiger partial charge in [0.1, 0.15) is 11.3 Å². The topological polar surface area (TPSA) is 30.7 Å². The van der Waals surface area contributed by atoms with Gasteiger partial charge in [0.15, 0.2) is 0 Å². The van der Waals surface area contributed by atoms with E-state index in [0.29, 0.717) is 11.3 Å². The molecule has 2 aromatic heterocycles. The second-order valence-electron chi connectivity index (χ2n) is 4.92. The highest BCUT2D eigenvalue weighted by Crippen LogP contribution is 2.47. The third-order valence-electron chi connectivity index (χ3n) is 3.39. The Hall–Kier alpha value is -1.09. The Kier molecular flexibility index (Phi) is 2.18. The van der Waals surface area contributed by atoms with E-state index >= 15 is 0 Å². The molecule has 84 valence electrons. The number of pyridine rings is 1. The van der Waals surface area contributed by atoms with Crippen molar-refractivity contribution in [2.24, 2.45) is 5.41 Å². The highest BCUT2D eigenvalue weighted by molar-refractivity contribution is 6.16. The Morgan fingerprint density at radius 2 is 2.31 bits per heavy atom. The van der Waals surface area contributed by atoms with E-state index in [2.05, 4.69) is 21.5 Å². The third-order valence-corrected chi connectivity index (χ3v) is 3.63. The fourth-order valence-electron chi connectivity index (χ4n) is 2.06. The molecule has 0 saturated heterocycles. The van der Waals surface area contributed by atoms with Crippen LogP contribution in [0.25, 0.3) is 11.0 Å². The summed E-state index contributed by atoms with van der Waals surface area (Å²) in [4.78, 5) is 8.61. The molecule has 0 N–H and O–H groups in total. The molecule has 0 bridgehead atoms. The lowest BCUT2D eigenvalue weighted by Crippen LogP contribution is -2.10. The average molecular weight is 236 g/mol. The molecule has 0 radical (unpaired) electrons. The predicted octanol–water partition coefficient (Wildman–Crippen LogP) is 2.97. The van der Waals surface area contributed by atoms with Crippen LogP contribution in [-0.2, 0) is 12.4 Å². The van der Waals surface area contributed by atoms with Crippen LogP contribution < -0.4 is 0 Å². The molecule has 0 unspecified atom stereocenters. The van der Waals surface area contributed by atoms with Crippen LogP contribution in [0.1, 0.15) is 25.6 Å². The van der Waals surface area contributed by atoms with Crippen molar-refractivity contribution in [2.75, 3.05) is 0 Å². The summed E-state index contributed by atoms with van der Waals surface area (Å²) in [5.74, 6) is 1.42. The van der Waals surface area contributed by atoms with Crippen LogP contribution in [0.2, 0.25) is 0 Å². The number of fused-ring (bicyclic) bond motifs is 1. The number of imidazole rings is 1. The minimum absolute atomic E-state index is 0.456. The van der Waals surface area contributed by atoms with Gasteiger partial charge in [-0.25, -0.2) is 4.98 Å². The molecule has 4 heteroatoms. The summed E-state index contributed by atoms with van der Waals surface area (Å²) in [6.07, 6.45) is 6.23. The maximum atomic E-state index is 5.95. The van der Waals surface area contributed by atoms with E-state index in [-0.39, 0.29) is 0 Å². The van der Waals surface area contributed by atoms with Gasteiger partial charge in [0.05, 0.1) is 17.6 Å². The van der Waals surface area contributed by atoms with Crippen LogP contribution in [0.4, 0.5) is 0 Å². The fraction of sp³-hybridized carbons (Fsp3) is 0.500. The van der Waals surface area contributed by atoms with Gasteiger partial charge in [0.2, 0.25) is 0 Å². The maximum absolute atomic E-state index is 5.95. The SMILES string of the molecule is CC1(Cn2c(CCl)nc3cnccc32)CC1. The molecule has 3 rings (SSSR count). The normalized spacial score (nSPS) is 17.9. The van der Waals surface area contributed by atoms with Crippen molar-refractivity contribution in [2.45, 2.75) is 32.2 Å². The lowest BCUT2D eigenvalue weighted by Gasteiger charge is -2.12. The monoisotopic (exact) mass is 235 g/mol. The van der Waals surface area contributed by atoms with E-state index in [1.807, 2.05) is 12.3 Å². The van der Waals surface area contributed by atoms with Crippen molar-refractivity contribution in [3.8, 4) is 0 Å². The first kappa shape index (κ1) is 10.1. The first-order valence-electron chi connectivity index (χ1n) is 5.57. The van der Waals surface area contributed by atoms with Crippen molar-refractivity contribution in [1.29, 1.82) is 0 Å². The van der Waals surface area contributed by atoms with E-state index in [1.54, 1.807) is 6.20 Å². The van der Waals surface area contributed by atoms with Gasteiger partial charge in [0.25, 0.3) is 0 Å². The Bertz CT molecular complexity index is 528. The molecule has 2 aromatic rings. The van der Waals surface area contributed by atoms with Crippen molar-refractivity contribution in [3.63, 3.8) is 0 Å². The van der Waals surface area contributed by atoms with Crippen molar-refractivity contribution in [3.05, 3.63) is 24.3 Å². The lowest BCUT2D eigenvalue weighted by atomic mass is 10.1. The Balaban J connectivity index is 2.11. The summed E-state index contributed by atoms with van der Waals surface area (Å²) >= 11 is 5.95. The summed E-state index contributed by atoms with van der Waals surface area (Å²) < 4.78 is 2.25. The van der Waals surface area contributed by atoms with Crippen LogP contribution in [-0.4, -0.2) is 14.5 Å². The van der Waals surface area contributed by atoms with Crippen LogP contribution in [0.3, 0.4) is 0 Å². The van der Waals surface area contributed by atoms with Gasteiger partial charge in [-0.15, -0.1) is 11.6 Å². The number of alkyl halides is 1. The van der Waals surface area contributed by atoms with Crippen LogP contribution in [0.15, 0.2) is 18.5 Å². The molecule has 1 saturated carbocycles. The number of halogens is 1. The summed E-state index contributed by atoms with van der Waals surface area (Å²) in [7, 11) is 0. The van der Waals surface area contributed by atoms with Gasteiger partial charge in [0, 0.05) is 12.7 Å². The molecule has 1 aliphatic rings. The Morgan fingerprint density at radius 3 is 3.00 bits per heavy atom. The molecule has 0 spiro atoms. The lowest BCUT2D eigenvalue weighted by molar-refractivity contribution is 0.465. The Labute approximate surface area is 99.5 Å². The summed E-state index contributed by atoms with van der Waals surface area (Å²) in [6, 6.07) is 2.02. The van der Waals surface area contributed by atoms with E-state index < -0.39 is 0 Å². The van der Waals surface area contributed by atoms with Gasteiger partial charge < -0.3 is 4.57 Å². The molecule has 16 heavy (non-hydrogen) atoms. The zero-order chi connectivity index (χ0) is 11.2. The Morgan fingerprint density at radius 1 is 1.50 bits per heavy atom. The first-order valence-corrected chi connectivity index (χ1v) is 6.10. The zero-order valence-electron chi connectivity index (χ0n) is 9.28. The van der Waals surface area contributed by atoms with E-state index in [1.165, 1.54) is 12.8 Å². The summed E-state index contributed by atoms with van der Waals surface area (Å²) in [5.41, 5.74) is 2.55. The van der Waals surface area contributed by atoms with Crippen molar-refractivity contribution < 1.29 is 0 Å². The minimum atomic E-state index is 0.456. The van der Waals surface area contributed by atoms with Crippen LogP contribution >= 0.6 is 11.6 Å². The summed E-state index contributed by atoms with van der Waals surface area (Å²) in [6.45, 7) is 3.34. The predicted molar refractivity (Wildman–Crippen MR) is 64.4 cm³/mol. The van der Waals surface area contributed by atoms with Crippen LogP contribution in [0, 0.1) is 5.41 Å². The van der Waals surface area contributed by atoms with E-state index in [0.717, 1.165) is 23.4 Å². The molecular weight excluding hydrogens is 222 g/mol. The van der Waals surface area contributed by atoms with Crippen molar-refractivity contribution in [1.82, 2.24) is 14.5 Å². The molecule has 0 atom stereocenters. The summed E-state index contributed by atoms with van der Waals surface area (Å²) in [5, 5.41) is 0. The molecule has 1 fully saturated rings. The molecule has 0 aromatic carbocycles. The van der Waals surface area contributed by atoms with Crippen LogP contribution in [0.5, 0.6) is 0 Å². The van der Waals surface area contributed by atoms with Gasteiger partial charge in [-0.3, -0.25) is 4.98 Å². The number of nitrogens with zero attached hydrogens (tertiary/aromatic N) is 3. The van der Waals surface area contributed by atoms with Crippen molar-refractivity contribution >= 4 is 22.6 Å². The average Bonchev–Trinajstić information content (AvgIpc) is 2.91. The number of hydrogen-bond donors (Lipinski definition) is 0. The van der Waals surface area contributed by atoms with E-state index in [9.17, 15) is 0 Å². The zero-order valence-corrected chi connectivity index (χ0v) is 10.0. The number of aromatic nitrogens is 3. The highest BCUT2D eigenvalue weighted by atomic mass is 35.5. The molecule has 0 amide bonds. The molecular formula is C12H14ClN3. The second kappa shape index (κ2) is 3.45. The minimum Gasteiger partial charge on any atom is -0.326 e. The third kappa shape index (κ3) is 1.59. The molecule has 3 nitrogen and oxygen atoms in total. The molecule has 0 aliphatic heterocycles. The molecule has 1 aliphatic carbocycles. The largest absolute Gasteiger partial charge is 0.326 e. The standard InChI is InChI=1S/C12H14ClN3/c1-12(3-4-12)8-16-10-2-5-14-7-9(10)15-11(16)6-13/h2,5,7H,3-4,6,8H2,1H3. The first-order chi connectivity index (χ1) is 7.72. The quantitative estimate of drug-likeness (QED) is 0.766. The van der Waals surface area contributed by atoms with Gasteiger partial charge >= 0.3 is 0 Å². The number of hydrogen-bond acceptors (Lipinski definition) is 2. The second-order valence-corrected chi connectivity index (χ2v) is 5.19.